The van der Waals surface area contributed by atoms with Gasteiger partial charge in [-0.1, -0.05) is 48.0 Å². The second-order valence-electron chi connectivity index (χ2n) is 7.90. The van der Waals surface area contributed by atoms with Crippen molar-refractivity contribution in [2.24, 2.45) is 5.10 Å². The first kappa shape index (κ1) is 23.9. The molecule has 0 atom stereocenters. The third-order valence-corrected chi connectivity index (χ3v) is 5.57. The largest absolute Gasteiger partial charge is 0.455 e. The van der Waals surface area contributed by atoms with Crippen molar-refractivity contribution in [1.82, 2.24) is 10.7 Å². The Labute approximate surface area is 217 Å². The molecule has 1 aliphatic rings. The molecule has 0 saturated carbocycles. The normalized spacial score (nSPS) is 12.5. The van der Waals surface area contributed by atoms with Crippen LogP contribution in [-0.4, -0.2) is 24.8 Å². The summed E-state index contributed by atoms with van der Waals surface area (Å²) in [6, 6.07) is 24.5. The number of carbonyl (C=O) groups is 2. The maximum Gasteiger partial charge on any atom is 0.287 e. The lowest BCUT2D eigenvalue weighted by Gasteiger charge is -2.09. The summed E-state index contributed by atoms with van der Waals surface area (Å²) in [6.07, 6.45) is 2.89. The van der Waals surface area contributed by atoms with Gasteiger partial charge in [0.15, 0.2) is 11.5 Å². The van der Waals surface area contributed by atoms with E-state index in [1.807, 2.05) is 12.1 Å². The highest BCUT2D eigenvalue weighted by Gasteiger charge is 2.17. The first-order chi connectivity index (χ1) is 18.0. The van der Waals surface area contributed by atoms with Crippen molar-refractivity contribution in [1.29, 1.82) is 0 Å². The number of hydrazone groups is 1. The molecular weight excluding hydrogens is 494 g/mol. The number of nitrogens with one attached hydrogen (secondary N) is 2. The minimum absolute atomic E-state index is 0.0103. The third kappa shape index (κ3) is 5.88. The van der Waals surface area contributed by atoms with Crippen LogP contribution in [-0.2, 0) is 4.79 Å². The molecule has 0 bridgehead atoms. The van der Waals surface area contributed by atoms with Crippen molar-refractivity contribution in [3.05, 3.63) is 113 Å². The molecule has 0 unspecified atom stereocenters. The molecule has 4 aromatic rings. The molecule has 0 aliphatic carbocycles. The number of carbonyl (C=O) groups excluding carboxylic acids is 2. The lowest BCUT2D eigenvalue weighted by Crippen LogP contribution is -2.32. The van der Waals surface area contributed by atoms with Crippen LogP contribution in [0.2, 0.25) is 5.02 Å². The van der Waals surface area contributed by atoms with Crippen molar-refractivity contribution < 1.29 is 23.5 Å². The van der Waals surface area contributed by atoms with Crippen LogP contribution >= 0.6 is 11.6 Å². The van der Waals surface area contributed by atoms with Gasteiger partial charge in [-0.3, -0.25) is 9.59 Å². The minimum atomic E-state index is -0.625. The summed E-state index contributed by atoms with van der Waals surface area (Å²) in [5.41, 5.74) is 4.26. The molecule has 1 aliphatic heterocycles. The molecule has 0 saturated heterocycles. The Hall–Kier alpha value is -4.82. The van der Waals surface area contributed by atoms with Crippen LogP contribution in [0, 0.1) is 0 Å². The van der Waals surface area contributed by atoms with Crippen LogP contribution in [0.5, 0.6) is 11.5 Å². The average molecular weight is 514 g/mol. The molecule has 5 rings (SSSR count). The van der Waals surface area contributed by atoms with E-state index >= 15 is 0 Å². The van der Waals surface area contributed by atoms with Crippen LogP contribution in [0.4, 0.5) is 0 Å². The molecule has 0 radical (unpaired) electrons. The fourth-order valence-electron chi connectivity index (χ4n) is 3.55. The van der Waals surface area contributed by atoms with Gasteiger partial charge in [0.25, 0.3) is 11.8 Å². The van der Waals surface area contributed by atoms with Crippen LogP contribution < -0.4 is 20.2 Å². The summed E-state index contributed by atoms with van der Waals surface area (Å²) >= 11 is 6.05. The van der Waals surface area contributed by atoms with Gasteiger partial charge in [0.05, 0.1) is 6.21 Å². The van der Waals surface area contributed by atoms with Crippen LogP contribution in [0.25, 0.3) is 17.4 Å². The lowest BCUT2D eigenvalue weighted by atomic mass is 10.1. The fraction of sp³-hybridized carbons (Fsp3) is 0.0357. The monoisotopic (exact) mass is 513 g/mol. The summed E-state index contributed by atoms with van der Waals surface area (Å²) in [5, 5.41) is 7.24. The van der Waals surface area contributed by atoms with Gasteiger partial charge in [-0.05, 0) is 60.2 Å². The fourth-order valence-corrected chi connectivity index (χ4v) is 3.74. The molecule has 2 heterocycles. The zero-order chi connectivity index (χ0) is 25.6. The van der Waals surface area contributed by atoms with Gasteiger partial charge < -0.3 is 19.2 Å². The number of amides is 2. The molecule has 0 fully saturated rings. The Morgan fingerprint density at radius 3 is 2.57 bits per heavy atom. The molecule has 0 spiro atoms. The number of fused-ring (bicyclic) bond motifs is 1. The molecule has 3 aromatic carbocycles. The van der Waals surface area contributed by atoms with Gasteiger partial charge in [0, 0.05) is 16.1 Å². The highest BCUT2D eigenvalue weighted by atomic mass is 35.5. The zero-order valence-electron chi connectivity index (χ0n) is 19.3. The SMILES string of the molecule is O=C(N/N=C\c1ccc(-c2cccc(Cl)c2)o1)/C(=C\c1ccc2c(c1)OCO2)NC(=O)c1ccccc1. The van der Waals surface area contributed by atoms with Crippen LogP contribution in [0.3, 0.4) is 0 Å². The predicted molar refractivity (Wildman–Crippen MR) is 139 cm³/mol. The number of benzene rings is 3. The highest BCUT2D eigenvalue weighted by molar-refractivity contribution is 6.30. The van der Waals surface area contributed by atoms with Crippen molar-refractivity contribution >= 4 is 35.7 Å². The van der Waals surface area contributed by atoms with Gasteiger partial charge in [-0.2, -0.15) is 5.10 Å². The van der Waals surface area contributed by atoms with Crippen molar-refractivity contribution in [2.75, 3.05) is 6.79 Å². The Morgan fingerprint density at radius 2 is 1.73 bits per heavy atom. The minimum Gasteiger partial charge on any atom is -0.455 e. The Balaban J connectivity index is 1.33. The second-order valence-corrected chi connectivity index (χ2v) is 8.34. The van der Waals surface area contributed by atoms with E-state index in [1.54, 1.807) is 72.8 Å². The number of hydrogen-bond donors (Lipinski definition) is 2. The molecule has 184 valence electrons. The number of ether oxygens (including phenoxy) is 2. The van der Waals surface area contributed by atoms with Crippen molar-refractivity contribution in [3.8, 4) is 22.8 Å². The Morgan fingerprint density at radius 1 is 0.892 bits per heavy atom. The van der Waals surface area contributed by atoms with Gasteiger partial charge in [0.2, 0.25) is 6.79 Å². The summed E-state index contributed by atoms with van der Waals surface area (Å²) in [4.78, 5) is 25.7. The standard InChI is InChI=1S/C28H20ClN3O5/c29-21-8-4-7-20(15-21)24-12-10-22(37-24)16-30-32-28(34)23(31-27(33)19-5-2-1-3-6-19)13-18-9-11-25-26(14-18)36-17-35-25/h1-16H,17H2,(H,31,33)(H,32,34)/b23-13+,30-16-. The highest BCUT2D eigenvalue weighted by Crippen LogP contribution is 2.33. The van der Waals surface area contributed by atoms with Gasteiger partial charge in [0.1, 0.15) is 17.2 Å². The lowest BCUT2D eigenvalue weighted by molar-refractivity contribution is -0.117. The average Bonchev–Trinajstić information content (AvgIpc) is 3.58. The summed E-state index contributed by atoms with van der Waals surface area (Å²) in [7, 11) is 0. The number of rotatable bonds is 7. The molecule has 9 heteroatoms. The van der Waals surface area contributed by atoms with E-state index in [4.69, 9.17) is 25.5 Å². The zero-order valence-corrected chi connectivity index (χ0v) is 20.1. The van der Waals surface area contributed by atoms with E-state index in [2.05, 4.69) is 15.8 Å². The summed E-state index contributed by atoms with van der Waals surface area (Å²) in [5.74, 6) is 1.12. The van der Waals surface area contributed by atoms with Crippen LogP contribution in [0.15, 0.2) is 100 Å². The number of hydrogen-bond acceptors (Lipinski definition) is 6. The van der Waals surface area contributed by atoms with E-state index in [0.29, 0.717) is 39.2 Å². The Bertz CT molecular complexity index is 1510. The van der Waals surface area contributed by atoms with Crippen LogP contribution in [0.1, 0.15) is 21.7 Å². The molecular formula is C28H20ClN3O5. The van der Waals surface area contributed by atoms with E-state index in [1.165, 1.54) is 12.3 Å². The molecule has 1 aromatic heterocycles. The summed E-state index contributed by atoms with van der Waals surface area (Å²) in [6.45, 7) is 0.126. The van der Waals surface area contributed by atoms with Crippen molar-refractivity contribution in [2.45, 2.75) is 0 Å². The van der Waals surface area contributed by atoms with Gasteiger partial charge >= 0.3 is 0 Å². The molecule has 37 heavy (non-hydrogen) atoms. The number of halogens is 1. The van der Waals surface area contributed by atoms with Crippen molar-refractivity contribution in [3.63, 3.8) is 0 Å². The van der Waals surface area contributed by atoms with Gasteiger partial charge in [-0.15, -0.1) is 0 Å². The van der Waals surface area contributed by atoms with E-state index < -0.39 is 11.8 Å². The molecule has 2 amide bonds. The number of nitrogens with zero attached hydrogens (tertiary/aromatic N) is 1. The first-order valence-electron chi connectivity index (χ1n) is 11.2. The second kappa shape index (κ2) is 10.8. The summed E-state index contributed by atoms with van der Waals surface area (Å²) < 4.78 is 16.5. The maximum absolute atomic E-state index is 13.0. The predicted octanol–water partition coefficient (Wildman–Crippen LogP) is 5.25. The Kier molecular flexibility index (Phi) is 7.00. The van der Waals surface area contributed by atoms with E-state index in [-0.39, 0.29) is 12.5 Å². The smallest absolute Gasteiger partial charge is 0.287 e. The molecule has 2 N–H and O–H groups in total. The molecule has 8 nitrogen and oxygen atoms in total. The third-order valence-electron chi connectivity index (χ3n) is 5.33. The topological polar surface area (TPSA) is 102 Å². The van der Waals surface area contributed by atoms with E-state index in [0.717, 1.165) is 5.56 Å². The van der Waals surface area contributed by atoms with Gasteiger partial charge in [-0.25, -0.2) is 5.43 Å². The quantitative estimate of drug-likeness (QED) is 0.200. The number of furan rings is 1. The first-order valence-corrected chi connectivity index (χ1v) is 11.6. The maximum atomic E-state index is 13.0. The van der Waals surface area contributed by atoms with E-state index in [9.17, 15) is 9.59 Å².